The van der Waals surface area contributed by atoms with Gasteiger partial charge in [0.1, 0.15) is 5.92 Å². The summed E-state index contributed by atoms with van der Waals surface area (Å²) in [4.78, 5) is 36.6. The average molecular weight is 442 g/mol. The topological polar surface area (TPSA) is 53.1 Å². The molecule has 0 radical (unpaired) electrons. The van der Waals surface area contributed by atoms with Gasteiger partial charge in [0.2, 0.25) is 5.91 Å². The number of carbonyl (C=O) groups excluding carboxylic acids is 2. The van der Waals surface area contributed by atoms with Gasteiger partial charge in [0, 0.05) is 19.8 Å². The molecule has 3 aromatic carbocycles. The lowest BCUT2D eigenvalue weighted by Crippen LogP contribution is -2.37. The quantitative estimate of drug-likeness (QED) is 0.551. The number of carbonyl (C=O) groups is 2. The number of hydrogen-bond acceptors (Lipinski definition) is 5. The van der Waals surface area contributed by atoms with Crippen molar-refractivity contribution in [1.29, 1.82) is 0 Å². The molecule has 2 saturated heterocycles. The number of rotatable bonds is 5. The van der Waals surface area contributed by atoms with Gasteiger partial charge in [-0.25, -0.2) is 9.96 Å². The molecule has 6 nitrogen and oxygen atoms in total. The Balaban J connectivity index is 1.55. The van der Waals surface area contributed by atoms with Crippen LogP contribution in [-0.4, -0.2) is 32.0 Å². The summed E-state index contributed by atoms with van der Waals surface area (Å²) in [5, 5.41) is 1.73. The number of nitrogens with zero attached hydrogens (tertiary/aromatic N) is 3. The van der Waals surface area contributed by atoms with Crippen LogP contribution in [0.25, 0.3) is 0 Å². The first-order chi connectivity index (χ1) is 16.0. The highest BCUT2D eigenvalue weighted by atomic mass is 16.7. The first-order valence-electron chi connectivity index (χ1n) is 11.2. The van der Waals surface area contributed by atoms with Crippen molar-refractivity contribution in [2.24, 2.45) is 5.92 Å². The van der Waals surface area contributed by atoms with E-state index in [9.17, 15) is 9.59 Å². The van der Waals surface area contributed by atoms with Crippen LogP contribution in [0.1, 0.15) is 24.1 Å². The number of hydrogen-bond donors (Lipinski definition) is 0. The van der Waals surface area contributed by atoms with Crippen molar-refractivity contribution < 1.29 is 14.4 Å². The number of fused-ring (bicyclic) bond motifs is 1. The largest absolute Gasteiger partial charge is 0.378 e. The Kier molecular flexibility index (Phi) is 5.38. The van der Waals surface area contributed by atoms with Gasteiger partial charge in [-0.05, 0) is 53.9 Å². The Hall–Kier alpha value is -3.64. The lowest BCUT2D eigenvalue weighted by atomic mass is 9.90. The summed E-state index contributed by atoms with van der Waals surface area (Å²) in [6, 6.07) is 24.9. The maximum absolute atomic E-state index is 13.7. The van der Waals surface area contributed by atoms with E-state index in [1.165, 1.54) is 4.90 Å². The van der Waals surface area contributed by atoms with Gasteiger partial charge in [-0.2, -0.15) is 0 Å². The van der Waals surface area contributed by atoms with Gasteiger partial charge in [-0.3, -0.25) is 14.4 Å². The summed E-state index contributed by atoms with van der Waals surface area (Å²) in [5.41, 5.74) is 4.55. The molecule has 3 aromatic rings. The third-order valence-corrected chi connectivity index (χ3v) is 6.48. The van der Waals surface area contributed by atoms with E-state index in [1.807, 2.05) is 97.9 Å². The van der Waals surface area contributed by atoms with E-state index < -0.39 is 18.1 Å². The van der Waals surface area contributed by atoms with Gasteiger partial charge >= 0.3 is 0 Å². The minimum atomic E-state index is -0.859. The van der Waals surface area contributed by atoms with Crippen molar-refractivity contribution in [3.63, 3.8) is 0 Å². The minimum absolute atomic E-state index is 0.227. The summed E-state index contributed by atoms with van der Waals surface area (Å²) in [5.74, 6) is -1.18. The summed E-state index contributed by atoms with van der Waals surface area (Å²) >= 11 is 0. The van der Waals surface area contributed by atoms with Crippen LogP contribution in [0.5, 0.6) is 0 Å². The van der Waals surface area contributed by atoms with E-state index in [-0.39, 0.29) is 11.8 Å². The molecule has 2 fully saturated rings. The van der Waals surface area contributed by atoms with Gasteiger partial charge in [0.05, 0.1) is 17.4 Å². The molecule has 168 valence electrons. The Labute approximate surface area is 193 Å². The minimum Gasteiger partial charge on any atom is -0.378 e. The molecule has 5 rings (SSSR count). The SMILES string of the molecule is CCc1ccc(N2C(=O)[C@@H]3[C@H](ON(c4ccccc4)[C@@H]3c3ccc(N(C)C)cc3)C2=O)cc1. The van der Waals surface area contributed by atoms with Crippen molar-refractivity contribution in [2.75, 3.05) is 29.0 Å². The standard InChI is InChI=1S/C27H27N3O3/c1-4-18-10-14-21(15-11-18)29-26(31)23-24(19-12-16-20(17-13-19)28(2)3)30(33-25(23)27(29)32)22-8-6-5-7-9-22/h5-17,23-25H,4H2,1-3H3/t23-,24+,25-/m0/s1. The van der Waals surface area contributed by atoms with Gasteiger partial charge in [0.25, 0.3) is 5.91 Å². The second-order valence-electron chi connectivity index (χ2n) is 8.68. The fraction of sp³-hybridized carbons (Fsp3) is 0.259. The smallest absolute Gasteiger partial charge is 0.266 e. The van der Waals surface area contributed by atoms with Gasteiger partial charge < -0.3 is 4.90 Å². The molecule has 2 aliphatic heterocycles. The lowest BCUT2D eigenvalue weighted by Gasteiger charge is -2.29. The highest BCUT2D eigenvalue weighted by Gasteiger charge is 2.60. The molecule has 33 heavy (non-hydrogen) atoms. The summed E-state index contributed by atoms with van der Waals surface area (Å²) < 4.78 is 0. The number of hydroxylamine groups is 1. The van der Waals surface area contributed by atoms with Crippen molar-refractivity contribution in [3.8, 4) is 0 Å². The van der Waals surface area contributed by atoms with Crippen LogP contribution in [0.15, 0.2) is 78.9 Å². The predicted molar refractivity (Wildman–Crippen MR) is 129 cm³/mol. The number of imide groups is 1. The Morgan fingerprint density at radius 2 is 1.48 bits per heavy atom. The normalized spacial score (nSPS) is 22.1. The maximum atomic E-state index is 13.7. The molecular weight excluding hydrogens is 414 g/mol. The van der Waals surface area contributed by atoms with Crippen LogP contribution in [0, 0.1) is 5.92 Å². The molecule has 0 unspecified atom stereocenters. The number of amides is 2. The van der Waals surface area contributed by atoms with Crippen LogP contribution in [0.4, 0.5) is 17.1 Å². The molecule has 0 N–H and O–H groups in total. The lowest BCUT2D eigenvalue weighted by molar-refractivity contribution is -0.126. The van der Waals surface area contributed by atoms with Crippen LogP contribution in [-0.2, 0) is 20.8 Å². The van der Waals surface area contributed by atoms with E-state index in [4.69, 9.17) is 4.84 Å². The fourth-order valence-electron chi connectivity index (χ4n) is 4.66. The van der Waals surface area contributed by atoms with Crippen molar-refractivity contribution >= 4 is 28.9 Å². The second-order valence-corrected chi connectivity index (χ2v) is 8.68. The predicted octanol–water partition coefficient (Wildman–Crippen LogP) is 4.37. The van der Waals surface area contributed by atoms with Crippen LogP contribution in [0.2, 0.25) is 0 Å². The molecule has 0 bridgehead atoms. The molecule has 6 heteroatoms. The number of para-hydroxylation sites is 1. The summed E-state index contributed by atoms with van der Waals surface area (Å²) in [7, 11) is 3.97. The van der Waals surface area contributed by atoms with Crippen molar-refractivity contribution in [2.45, 2.75) is 25.5 Å². The zero-order valence-electron chi connectivity index (χ0n) is 19.0. The molecule has 3 atom stereocenters. The molecule has 0 saturated carbocycles. The van der Waals surface area contributed by atoms with E-state index >= 15 is 0 Å². The zero-order valence-corrected chi connectivity index (χ0v) is 19.0. The van der Waals surface area contributed by atoms with Crippen molar-refractivity contribution in [3.05, 3.63) is 90.0 Å². The number of anilines is 3. The second kappa shape index (κ2) is 8.37. The van der Waals surface area contributed by atoms with Crippen LogP contribution < -0.4 is 14.9 Å². The highest BCUT2D eigenvalue weighted by molar-refractivity contribution is 6.23. The third-order valence-electron chi connectivity index (χ3n) is 6.48. The molecule has 0 spiro atoms. The molecule has 2 heterocycles. The zero-order chi connectivity index (χ0) is 23.1. The van der Waals surface area contributed by atoms with Gasteiger partial charge in [-0.1, -0.05) is 49.4 Å². The van der Waals surface area contributed by atoms with Crippen LogP contribution in [0.3, 0.4) is 0 Å². The summed E-state index contributed by atoms with van der Waals surface area (Å²) in [6.45, 7) is 2.07. The number of benzene rings is 3. The highest BCUT2D eigenvalue weighted by Crippen LogP contribution is 2.47. The first kappa shape index (κ1) is 21.2. The maximum Gasteiger partial charge on any atom is 0.266 e. The fourth-order valence-corrected chi connectivity index (χ4v) is 4.66. The molecule has 2 amide bonds. The first-order valence-corrected chi connectivity index (χ1v) is 11.2. The van der Waals surface area contributed by atoms with E-state index in [0.29, 0.717) is 5.69 Å². The Morgan fingerprint density at radius 1 is 0.818 bits per heavy atom. The third kappa shape index (κ3) is 3.56. The Morgan fingerprint density at radius 3 is 2.09 bits per heavy atom. The monoisotopic (exact) mass is 441 g/mol. The number of aryl methyl sites for hydroxylation is 1. The average Bonchev–Trinajstić information content (AvgIpc) is 3.36. The molecule has 0 aromatic heterocycles. The van der Waals surface area contributed by atoms with E-state index in [1.54, 1.807) is 5.06 Å². The Bertz CT molecular complexity index is 1160. The van der Waals surface area contributed by atoms with Gasteiger partial charge in [0.15, 0.2) is 6.10 Å². The molecular formula is C27H27N3O3. The van der Waals surface area contributed by atoms with Crippen molar-refractivity contribution in [1.82, 2.24) is 0 Å². The molecule has 0 aliphatic carbocycles. The van der Waals surface area contributed by atoms with Gasteiger partial charge in [-0.15, -0.1) is 0 Å². The van der Waals surface area contributed by atoms with Crippen LogP contribution >= 0.6 is 0 Å². The van der Waals surface area contributed by atoms with E-state index in [2.05, 4.69) is 6.92 Å². The molecule has 2 aliphatic rings. The van der Waals surface area contributed by atoms with E-state index in [0.717, 1.165) is 28.9 Å². The summed E-state index contributed by atoms with van der Waals surface area (Å²) in [6.07, 6.45) is 0.0372.